The molecule has 0 fully saturated rings. The first kappa shape index (κ1) is 12.5. The Balaban J connectivity index is 2.32. The molecule has 2 heterocycles. The van der Waals surface area contributed by atoms with Gasteiger partial charge in [0.05, 0.1) is 5.69 Å². The van der Waals surface area contributed by atoms with Crippen LogP contribution in [0.3, 0.4) is 0 Å². The van der Waals surface area contributed by atoms with Crippen LogP contribution in [0.5, 0.6) is 0 Å². The summed E-state index contributed by atoms with van der Waals surface area (Å²) in [6.45, 7) is 3.64. The minimum Gasteiger partial charge on any atom is -0.294 e. The molecule has 0 atom stereocenters. The van der Waals surface area contributed by atoms with Crippen LogP contribution in [0.25, 0.3) is 16.9 Å². The summed E-state index contributed by atoms with van der Waals surface area (Å²) < 4.78 is 28.0. The molecule has 20 heavy (non-hydrogen) atoms. The van der Waals surface area contributed by atoms with E-state index in [1.807, 2.05) is 13.8 Å². The molecule has 0 saturated heterocycles. The quantitative estimate of drug-likeness (QED) is 0.742. The molecule has 0 spiro atoms. The highest BCUT2D eigenvalue weighted by Crippen LogP contribution is 2.22. The van der Waals surface area contributed by atoms with Crippen molar-refractivity contribution >= 4 is 5.65 Å². The number of aryl methyl sites for hydroxylation is 2. The molecule has 0 unspecified atom stereocenters. The van der Waals surface area contributed by atoms with Gasteiger partial charge in [0, 0.05) is 29.0 Å². The van der Waals surface area contributed by atoms with E-state index in [0.717, 1.165) is 23.4 Å². The van der Waals surface area contributed by atoms with Crippen molar-refractivity contribution in [3.05, 3.63) is 57.5 Å². The maximum Gasteiger partial charge on any atom is 0.273 e. The maximum atomic E-state index is 13.8. The summed E-state index contributed by atoms with van der Waals surface area (Å²) in [5.41, 5.74) is 2.01. The zero-order valence-corrected chi connectivity index (χ0v) is 10.9. The summed E-state index contributed by atoms with van der Waals surface area (Å²) in [6, 6.07) is 4.40. The van der Waals surface area contributed by atoms with Crippen molar-refractivity contribution in [1.29, 1.82) is 0 Å². The number of fused-ring (bicyclic) bond motifs is 1. The Morgan fingerprint density at radius 3 is 2.65 bits per heavy atom. The summed E-state index contributed by atoms with van der Waals surface area (Å²) >= 11 is 0. The molecule has 0 saturated carbocycles. The Hall–Kier alpha value is -2.50. The molecule has 3 rings (SSSR count). The lowest BCUT2D eigenvalue weighted by molar-refractivity contribution is 0.585. The van der Waals surface area contributed by atoms with Crippen molar-refractivity contribution in [1.82, 2.24) is 14.6 Å². The van der Waals surface area contributed by atoms with Crippen LogP contribution in [0, 0.1) is 25.5 Å². The fraction of sp³-hybridized carbons (Fsp3) is 0.143. The van der Waals surface area contributed by atoms with Gasteiger partial charge in [-0.25, -0.2) is 18.3 Å². The SMILES string of the molecule is Cc1[nH]n2c(=O)cc(-c3ccc(F)cc3F)nc2c1C. The van der Waals surface area contributed by atoms with E-state index >= 15 is 0 Å². The van der Waals surface area contributed by atoms with Crippen LogP contribution in [0.4, 0.5) is 8.78 Å². The highest BCUT2D eigenvalue weighted by molar-refractivity contribution is 5.63. The van der Waals surface area contributed by atoms with Crippen LogP contribution in [-0.2, 0) is 0 Å². The van der Waals surface area contributed by atoms with Gasteiger partial charge in [-0.2, -0.15) is 0 Å². The van der Waals surface area contributed by atoms with E-state index in [9.17, 15) is 13.6 Å². The average Bonchev–Trinajstić information content (AvgIpc) is 2.67. The summed E-state index contributed by atoms with van der Waals surface area (Å²) in [6.07, 6.45) is 0. The lowest BCUT2D eigenvalue weighted by atomic mass is 10.1. The Morgan fingerprint density at radius 2 is 1.95 bits per heavy atom. The Labute approximate surface area is 112 Å². The van der Waals surface area contributed by atoms with E-state index in [4.69, 9.17) is 0 Å². The normalized spacial score (nSPS) is 11.2. The molecule has 102 valence electrons. The molecule has 6 heteroatoms. The first-order chi connectivity index (χ1) is 9.47. The van der Waals surface area contributed by atoms with Gasteiger partial charge in [0.25, 0.3) is 5.56 Å². The van der Waals surface area contributed by atoms with Crippen LogP contribution in [0.1, 0.15) is 11.3 Å². The zero-order valence-electron chi connectivity index (χ0n) is 10.9. The Morgan fingerprint density at radius 1 is 1.20 bits per heavy atom. The summed E-state index contributed by atoms with van der Waals surface area (Å²) in [4.78, 5) is 16.3. The van der Waals surface area contributed by atoms with E-state index in [1.54, 1.807) is 0 Å². The van der Waals surface area contributed by atoms with Crippen molar-refractivity contribution in [3.8, 4) is 11.3 Å². The summed E-state index contributed by atoms with van der Waals surface area (Å²) in [7, 11) is 0. The van der Waals surface area contributed by atoms with Crippen molar-refractivity contribution in [2.45, 2.75) is 13.8 Å². The van der Waals surface area contributed by atoms with Crippen molar-refractivity contribution in [3.63, 3.8) is 0 Å². The minimum absolute atomic E-state index is 0.101. The van der Waals surface area contributed by atoms with Crippen LogP contribution in [-0.4, -0.2) is 14.6 Å². The van der Waals surface area contributed by atoms with Gasteiger partial charge in [0.2, 0.25) is 0 Å². The van der Waals surface area contributed by atoms with E-state index in [-0.39, 0.29) is 16.8 Å². The Kier molecular flexibility index (Phi) is 2.67. The molecule has 0 bridgehead atoms. The monoisotopic (exact) mass is 275 g/mol. The number of rotatable bonds is 1. The fourth-order valence-corrected chi connectivity index (χ4v) is 2.10. The largest absolute Gasteiger partial charge is 0.294 e. The van der Waals surface area contributed by atoms with E-state index < -0.39 is 11.6 Å². The van der Waals surface area contributed by atoms with Crippen LogP contribution in [0.15, 0.2) is 29.1 Å². The van der Waals surface area contributed by atoms with Crippen LogP contribution in [0.2, 0.25) is 0 Å². The lowest BCUT2D eigenvalue weighted by Crippen LogP contribution is -2.14. The average molecular weight is 275 g/mol. The predicted molar refractivity (Wildman–Crippen MR) is 70.6 cm³/mol. The molecule has 1 aromatic carbocycles. The van der Waals surface area contributed by atoms with Gasteiger partial charge in [0.15, 0.2) is 5.65 Å². The number of H-pyrrole nitrogens is 1. The number of hydrogen-bond donors (Lipinski definition) is 1. The third-order valence-electron chi connectivity index (χ3n) is 3.30. The summed E-state index contributed by atoms with van der Waals surface area (Å²) in [5.74, 6) is -1.41. The first-order valence-corrected chi connectivity index (χ1v) is 6.02. The predicted octanol–water partition coefficient (Wildman–Crippen LogP) is 2.58. The second-order valence-electron chi connectivity index (χ2n) is 4.62. The van der Waals surface area contributed by atoms with Gasteiger partial charge in [-0.3, -0.25) is 9.89 Å². The fourth-order valence-electron chi connectivity index (χ4n) is 2.10. The maximum absolute atomic E-state index is 13.8. The van der Waals surface area contributed by atoms with Crippen molar-refractivity contribution in [2.24, 2.45) is 0 Å². The first-order valence-electron chi connectivity index (χ1n) is 6.02. The zero-order chi connectivity index (χ0) is 14.4. The van der Waals surface area contributed by atoms with E-state index in [2.05, 4.69) is 10.1 Å². The third kappa shape index (κ3) is 1.80. The van der Waals surface area contributed by atoms with Gasteiger partial charge in [-0.05, 0) is 26.0 Å². The molecule has 1 N–H and O–H groups in total. The van der Waals surface area contributed by atoms with Gasteiger partial charge in [-0.1, -0.05) is 0 Å². The van der Waals surface area contributed by atoms with Crippen LogP contribution < -0.4 is 5.56 Å². The molecule has 0 aliphatic rings. The molecule has 4 nitrogen and oxygen atoms in total. The van der Waals surface area contributed by atoms with Gasteiger partial charge in [0.1, 0.15) is 11.6 Å². The molecular weight excluding hydrogens is 264 g/mol. The highest BCUT2D eigenvalue weighted by atomic mass is 19.1. The second kappa shape index (κ2) is 4.26. The van der Waals surface area contributed by atoms with Gasteiger partial charge < -0.3 is 0 Å². The molecule has 2 aromatic heterocycles. The minimum atomic E-state index is -0.744. The molecule has 0 amide bonds. The van der Waals surface area contributed by atoms with Crippen LogP contribution >= 0.6 is 0 Å². The molecule has 0 radical (unpaired) electrons. The number of nitrogens with zero attached hydrogens (tertiary/aromatic N) is 2. The standard InChI is InChI=1S/C14H11F2N3O/c1-7-8(2)18-19-13(20)6-12(17-14(7)19)10-4-3-9(15)5-11(10)16/h3-6,18H,1-2H3. The highest BCUT2D eigenvalue weighted by Gasteiger charge is 2.13. The van der Waals surface area contributed by atoms with Gasteiger partial charge >= 0.3 is 0 Å². The molecule has 0 aliphatic heterocycles. The smallest absolute Gasteiger partial charge is 0.273 e. The molecular formula is C14H11F2N3O. The topological polar surface area (TPSA) is 50.2 Å². The molecule has 3 aromatic rings. The number of aromatic nitrogens is 3. The number of nitrogens with one attached hydrogen (secondary N) is 1. The third-order valence-corrected chi connectivity index (χ3v) is 3.30. The number of benzene rings is 1. The summed E-state index contributed by atoms with van der Waals surface area (Å²) in [5, 5.41) is 2.89. The van der Waals surface area contributed by atoms with Crippen molar-refractivity contribution in [2.75, 3.05) is 0 Å². The van der Waals surface area contributed by atoms with Crippen molar-refractivity contribution < 1.29 is 8.78 Å². The number of aromatic amines is 1. The van der Waals surface area contributed by atoms with E-state index in [0.29, 0.717) is 5.65 Å². The lowest BCUT2D eigenvalue weighted by Gasteiger charge is -2.03. The molecule has 0 aliphatic carbocycles. The number of halogens is 2. The van der Waals surface area contributed by atoms with Gasteiger partial charge in [-0.15, -0.1) is 0 Å². The Bertz CT molecular complexity index is 880. The van der Waals surface area contributed by atoms with E-state index in [1.165, 1.54) is 16.6 Å². The second-order valence-corrected chi connectivity index (χ2v) is 4.62. The number of hydrogen-bond acceptors (Lipinski definition) is 2.